The molecule has 1 saturated heterocycles. The number of aromatic nitrogens is 2. The van der Waals surface area contributed by atoms with Crippen LogP contribution in [0.15, 0.2) is 42.9 Å². The number of carbonyl (C=O) groups is 2. The summed E-state index contributed by atoms with van der Waals surface area (Å²) in [5.74, 6) is -0.299. The van der Waals surface area contributed by atoms with Crippen LogP contribution in [0, 0.1) is 0 Å². The van der Waals surface area contributed by atoms with Crippen molar-refractivity contribution >= 4 is 11.8 Å². The Morgan fingerprint density at radius 3 is 2.96 bits per heavy atom. The van der Waals surface area contributed by atoms with E-state index in [1.165, 1.54) is 12.4 Å². The third-order valence-electron chi connectivity index (χ3n) is 4.05. The van der Waals surface area contributed by atoms with E-state index in [-0.39, 0.29) is 17.9 Å². The summed E-state index contributed by atoms with van der Waals surface area (Å²) in [5.41, 5.74) is 1.82. The molecule has 7 nitrogen and oxygen atoms in total. The van der Waals surface area contributed by atoms with E-state index in [2.05, 4.69) is 20.6 Å². The van der Waals surface area contributed by atoms with Gasteiger partial charge in [-0.25, -0.2) is 4.98 Å². The lowest BCUT2D eigenvalue weighted by Crippen LogP contribution is -2.49. The second-order valence-electron chi connectivity index (χ2n) is 5.51. The number of carbonyl (C=O) groups excluding carboxylic acids is 2. The van der Waals surface area contributed by atoms with Crippen LogP contribution in [-0.4, -0.2) is 53.4 Å². The predicted octanol–water partition coefficient (Wildman–Crippen LogP) is 0.623. The standard InChI is InChI=1S/C17H19N5O2/c1-18-16(23)13-4-2-3-12(9-13)15-11-20-7-8-22(15)17(24)14-10-19-5-6-21-14/h2-6,9-10,15,20H,7-8,11H2,1H3,(H,18,23)/t15-/m1/s1. The van der Waals surface area contributed by atoms with Crippen molar-refractivity contribution in [3.8, 4) is 0 Å². The van der Waals surface area contributed by atoms with Crippen LogP contribution in [0.4, 0.5) is 0 Å². The number of piperazine rings is 1. The van der Waals surface area contributed by atoms with E-state index >= 15 is 0 Å². The van der Waals surface area contributed by atoms with Crippen molar-refractivity contribution in [1.29, 1.82) is 0 Å². The Labute approximate surface area is 140 Å². The van der Waals surface area contributed by atoms with Crippen LogP contribution < -0.4 is 10.6 Å². The minimum absolute atomic E-state index is 0.146. The fourth-order valence-corrected chi connectivity index (χ4v) is 2.83. The Kier molecular flexibility index (Phi) is 4.81. The zero-order chi connectivity index (χ0) is 16.9. The molecular weight excluding hydrogens is 306 g/mol. The predicted molar refractivity (Wildman–Crippen MR) is 88.5 cm³/mol. The number of hydrogen-bond donors (Lipinski definition) is 2. The van der Waals surface area contributed by atoms with Crippen molar-refractivity contribution in [1.82, 2.24) is 25.5 Å². The molecule has 1 atom stereocenters. The van der Waals surface area contributed by atoms with Gasteiger partial charge in [-0.15, -0.1) is 0 Å². The lowest BCUT2D eigenvalue weighted by molar-refractivity contribution is 0.0627. The van der Waals surface area contributed by atoms with Gasteiger partial charge in [0.2, 0.25) is 0 Å². The maximum atomic E-state index is 12.8. The summed E-state index contributed by atoms with van der Waals surface area (Å²) in [6.45, 7) is 1.92. The third kappa shape index (κ3) is 3.26. The number of hydrogen-bond acceptors (Lipinski definition) is 5. The number of rotatable bonds is 3. The van der Waals surface area contributed by atoms with Crippen LogP contribution in [0.5, 0.6) is 0 Å². The molecule has 3 rings (SSSR count). The molecule has 0 aliphatic carbocycles. The smallest absolute Gasteiger partial charge is 0.274 e. The average molecular weight is 325 g/mol. The summed E-state index contributed by atoms with van der Waals surface area (Å²) in [6, 6.07) is 7.19. The van der Waals surface area contributed by atoms with E-state index in [0.29, 0.717) is 24.3 Å². The number of nitrogens with zero attached hydrogens (tertiary/aromatic N) is 3. The van der Waals surface area contributed by atoms with Crippen molar-refractivity contribution < 1.29 is 9.59 Å². The van der Waals surface area contributed by atoms with Gasteiger partial charge in [0.05, 0.1) is 12.2 Å². The van der Waals surface area contributed by atoms with Crippen LogP contribution in [-0.2, 0) is 0 Å². The molecule has 1 aliphatic heterocycles. The largest absolute Gasteiger partial charge is 0.355 e. The Hall–Kier alpha value is -2.80. The molecule has 0 unspecified atom stereocenters. The Balaban J connectivity index is 1.90. The van der Waals surface area contributed by atoms with E-state index in [0.717, 1.165) is 12.1 Å². The molecule has 24 heavy (non-hydrogen) atoms. The van der Waals surface area contributed by atoms with Crippen LogP contribution in [0.2, 0.25) is 0 Å². The Morgan fingerprint density at radius 1 is 1.33 bits per heavy atom. The molecular formula is C17H19N5O2. The van der Waals surface area contributed by atoms with Crippen LogP contribution >= 0.6 is 0 Å². The second kappa shape index (κ2) is 7.18. The van der Waals surface area contributed by atoms with Crippen molar-refractivity contribution in [3.63, 3.8) is 0 Å². The Bertz CT molecular complexity index is 735. The summed E-state index contributed by atoms with van der Waals surface area (Å²) in [5, 5.41) is 5.92. The van der Waals surface area contributed by atoms with Crippen molar-refractivity contribution in [2.24, 2.45) is 0 Å². The van der Waals surface area contributed by atoms with Crippen LogP contribution in [0.25, 0.3) is 0 Å². The molecule has 2 amide bonds. The van der Waals surface area contributed by atoms with Gasteiger partial charge in [0.25, 0.3) is 11.8 Å². The SMILES string of the molecule is CNC(=O)c1cccc([C@H]2CNCCN2C(=O)c2cnccn2)c1. The van der Waals surface area contributed by atoms with E-state index in [9.17, 15) is 9.59 Å². The van der Waals surface area contributed by atoms with Gasteiger partial charge >= 0.3 is 0 Å². The molecule has 0 bridgehead atoms. The van der Waals surface area contributed by atoms with Gasteiger partial charge in [0.15, 0.2) is 0 Å². The number of nitrogens with one attached hydrogen (secondary N) is 2. The zero-order valence-corrected chi connectivity index (χ0v) is 13.4. The average Bonchev–Trinajstić information content (AvgIpc) is 2.67. The molecule has 1 fully saturated rings. The summed E-state index contributed by atoms with van der Waals surface area (Å²) < 4.78 is 0. The maximum absolute atomic E-state index is 12.8. The molecule has 2 N–H and O–H groups in total. The summed E-state index contributed by atoms with van der Waals surface area (Å²) in [4.78, 5) is 34.5. The van der Waals surface area contributed by atoms with Gasteiger partial charge in [-0.3, -0.25) is 14.6 Å². The minimum Gasteiger partial charge on any atom is -0.355 e. The number of benzene rings is 1. The molecule has 0 saturated carbocycles. The monoisotopic (exact) mass is 325 g/mol. The molecule has 2 aromatic rings. The van der Waals surface area contributed by atoms with E-state index in [4.69, 9.17) is 0 Å². The summed E-state index contributed by atoms with van der Waals surface area (Å²) in [7, 11) is 1.60. The quantitative estimate of drug-likeness (QED) is 0.864. The molecule has 2 heterocycles. The highest BCUT2D eigenvalue weighted by molar-refractivity contribution is 5.94. The lowest BCUT2D eigenvalue weighted by atomic mass is 10.00. The number of amides is 2. The first-order valence-electron chi connectivity index (χ1n) is 7.80. The van der Waals surface area contributed by atoms with E-state index < -0.39 is 0 Å². The van der Waals surface area contributed by atoms with Gasteiger partial charge in [-0.2, -0.15) is 0 Å². The van der Waals surface area contributed by atoms with Crippen LogP contribution in [0.3, 0.4) is 0 Å². The molecule has 0 spiro atoms. The first-order valence-corrected chi connectivity index (χ1v) is 7.80. The van der Waals surface area contributed by atoms with Crippen LogP contribution in [0.1, 0.15) is 32.5 Å². The summed E-state index contributed by atoms with van der Waals surface area (Å²) >= 11 is 0. The van der Waals surface area contributed by atoms with Gasteiger partial charge < -0.3 is 15.5 Å². The van der Waals surface area contributed by atoms with Crippen molar-refractivity contribution in [3.05, 3.63) is 59.7 Å². The minimum atomic E-state index is -0.155. The molecule has 7 heteroatoms. The first-order chi connectivity index (χ1) is 11.7. The topological polar surface area (TPSA) is 87.2 Å². The van der Waals surface area contributed by atoms with E-state index in [1.54, 1.807) is 24.2 Å². The second-order valence-corrected chi connectivity index (χ2v) is 5.51. The lowest BCUT2D eigenvalue weighted by Gasteiger charge is -2.36. The molecule has 124 valence electrons. The van der Waals surface area contributed by atoms with E-state index in [1.807, 2.05) is 18.2 Å². The Morgan fingerprint density at radius 2 is 2.21 bits per heavy atom. The normalized spacial score (nSPS) is 17.4. The van der Waals surface area contributed by atoms with Gasteiger partial charge in [-0.05, 0) is 17.7 Å². The highest BCUT2D eigenvalue weighted by Gasteiger charge is 2.29. The van der Waals surface area contributed by atoms with Crippen molar-refractivity contribution in [2.45, 2.75) is 6.04 Å². The third-order valence-corrected chi connectivity index (χ3v) is 4.05. The van der Waals surface area contributed by atoms with Gasteiger partial charge in [0.1, 0.15) is 5.69 Å². The van der Waals surface area contributed by atoms with Gasteiger partial charge in [0, 0.05) is 44.6 Å². The maximum Gasteiger partial charge on any atom is 0.274 e. The summed E-state index contributed by atoms with van der Waals surface area (Å²) in [6.07, 6.45) is 4.53. The molecule has 1 aromatic carbocycles. The molecule has 0 radical (unpaired) electrons. The highest BCUT2D eigenvalue weighted by Crippen LogP contribution is 2.24. The highest BCUT2D eigenvalue weighted by atomic mass is 16.2. The first kappa shape index (κ1) is 16.1. The fourth-order valence-electron chi connectivity index (χ4n) is 2.83. The fraction of sp³-hybridized carbons (Fsp3) is 0.294. The zero-order valence-electron chi connectivity index (χ0n) is 13.4. The van der Waals surface area contributed by atoms with Crippen molar-refractivity contribution in [2.75, 3.05) is 26.7 Å². The molecule has 1 aliphatic rings. The van der Waals surface area contributed by atoms with Gasteiger partial charge in [-0.1, -0.05) is 12.1 Å². The molecule has 1 aromatic heterocycles.